The summed E-state index contributed by atoms with van der Waals surface area (Å²) in [5.74, 6) is 1.52. The molecule has 0 bridgehead atoms. The molecule has 0 rings (SSSR count). The molecular formula is C14H33N2+. The van der Waals surface area contributed by atoms with E-state index in [1.54, 1.807) is 0 Å². The molecule has 0 aromatic heterocycles. The van der Waals surface area contributed by atoms with Crippen molar-refractivity contribution < 1.29 is 4.48 Å². The van der Waals surface area contributed by atoms with E-state index in [-0.39, 0.29) is 0 Å². The lowest BCUT2D eigenvalue weighted by Crippen LogP contribution is -2.54. The van der Waals surface area contributed by atoms with Crippen LogP contribution in [-0.4, -0.2) is 56.7 Å². The molecule has 98 valence electrons. The SMILES string of the molecule is CC(C)C(C(C)C)[N+](C)(C)CCCN(C)C. The van der Waals surface area contributed by atoms with Gasteiger partial charge in [-0.1, -0.05) is 27.7 Å². The largest absolute Gasteiger partial charge is 0.326 e. The fourth-order valence-corrected chi connectivity index (χ4v) is 3.33. The first-order valence-electron chi connectivity index (χ1n) is 6.66. The van der Waals surface area contributed by atoms with Gasteiger partial charge in [-0.05, 0) is 14.1 Å². The van der Waals surface area contributed by atoms with Gasteiger partial charge in [0.25, 0.3) is 0 Å². The maximum Gasteiger partial charge on any atom is 0.0932 e. The Hall–Kier alpha value is -0.0800. The van der Waals surface area contributed by atoms with Gasteiger partial charge in [-0.2, -0.15) is 0 Å². The standard InChI is InChI=1S/C14H33N2/c1-12(2)14(13(3)4)16(7,8)11-9-10-15(5)6/h12-14H,9-11H2,1-8H3/q+1. The van der Waals surface area contributed by atoms with Gasteiger partial charge in [-0.15, -0.1) is 0 Å². The summed E-state index contributed by atoms with van der Waals surface area (Å²) in [5, 5.41) is 0. The van der Waals surface area contributed by atoms with Crippen LogP contribution in [0.4, 0.5) is 0 Å². The van der Waals surface area contributed by atoms with Crippen LogP contribution >= 0.6 is 0 Å². The van der Waals surface area contributed by atoms with Gasteiger partial charge in [0.1, 0.15) is 0 Å². The Labute approximate surface area is 103 Å². The van der Waals surface area contributed by atoms with E-state index >= 15 is 0 Å². The highest BCUT2D eigenvalue weighted by atomic mass is 15.3. The lowest BCUT2D eigenvalue weighted by molar-refractivity contribution is -0.922. The second kappa shape index (κ2) is 6.61. The van der Waals surface area contributed by atoms with E-state index in [1.165, 1.54) is 19.5 Å². The van der Waals surface area contributed by atoms with Crippen LogP contribution in [0.3, 0.4) is 0 Å². The van der Waals surface area contributed by atoms with Gasteiger partial charge < -0.3 is 9.38 Å². The average molecular weight is 229 g/mol. The summed E-state index contributed by atoms with van der Waals surface area (Å²) >= 11 is 0. The number of hydrogen-bond donors (Lipinski definition) is 0. The molecule has 0 fully saturated rings. The molecule has 16 heavy (non-hydrogen) atoms. The number of rotatable bonds is 7. The lowest BCUT2D eigenvalue weighted by atomic mass is 9.90. The molecule has 0 aromatic carbocycles. The average Bonchev–Trinajstić information content (AvgIpc) is 1.98. The molecule has 0 unspecified atom stereocenters. The third-order valence-electron chi connectivity index (χ3n) is 3.51. The molecular weight excluding hydrogens is 196 g/mol. The highest BCUT2D eigenvalue weighted by Gasteiger charge is 2.33. The Bertz CT molecular complexity index is 175. The molecule has 0 saturated heterocycles. The molecule has 0 aliphatic heterocycles. The van der Waals surface area contributed by atoms with Crippen molar-refractivity contribution in [3.8, 4) is 0 Å². The minimum Gasteiger partial charge on any atom is -0.326 e. The summed E-state index contributed by atoms with van der Waals surface area (Å²) in [6.45, 7) is 11.9. The van der Waals surface area contributed by atoms with Crippen molar-refractivity contribution in [1.29, 1.82) is 0 Å². The van der Waals surface area contributed by atoms with Gasteiger partial charge >= 0.3 is 0 Å². The second-order valence-electron chi connectivity index (χ2n) is 6.64. The zero-order valence-electron chi connectivity index (χ0n) is 12.7. The van der Waals surface area contributed by atoms with E-state index in [9.17, 15) is 0 Å². The van der Waals surface area contributed by atoms with E-state index in [0.29, 0.717) is 0 Å². The molecule has 0 aliphatic rings. The van der Waals surface area contributed by atoms with Crippen LogP contribution < -0.4 is 0 Å². The number of hydrogen-bond acceptors (Lipinski definition) is 1. The van der Waals surface area contributed by atoms with E-state index in [0.717, 1.165) is 22.4 Å². The zero-order valence-corrected chi connectivity index (χ0v) is 12.7. The van der Waals surface area contributed by atoms with Crippen molar-refractivity contribution in [3.05, 3.63) is 0 Å². The minimum absolute atomic E-state index is 0.759. The van der Waals surface area contributed by atoms with Crippen molar-refractivity contribution >= 4 is 0 Å². The van der Waals surface area contributed by atoms with Crippen molar-refractivity contribution in [2.24, 2.45) is 11.8 Å². The van der Waals surface area contributed by atoms with Crippen LogP contribution in [0.15, 0.2) is 0 Å². The third kappa shape index (κ3) is 5.31. The lowest BCUT2D eigenvalue weighted by Gasteiger charge is -2.43. The molecule has 0 N–H and O–H groups in total. The Balaban J connectivity index is 4.36. The van der Waals surface area contributed by atoms with Crippen molar-refractivity contribution in [2.45, 2.75) is 40.2 Å². The van der Waals surface area contributed by atoms with Gasteiger partial charge in [0.15, 0.2) is 0 Å². The summed E-state index contributed by atoms with van der Waals surface area (Å²) in [5.41, 5.74) is 0. The van der Waals surface area contributed by atoms with Crippen molar-refractivity contribution in [3.63, 3.8) is 0 Å². The first kappa shape index (κ1) is 15.9. The smallest absolute Gasteiger partial charge is 0.0932 e. The summed E-state index contributed by atoms with van der Waals surface area (Å²) in [7, 11) is 9.09. The molecule has 0 aliphatic carbocycles. The van der Waals surface area contributed by atoms with Gasteiger partial charge in [0.2, 0.25) is 0 Å². The second-order valence-corrected chi connectivity index (χ2v) is 6.64. The maximum atomic E-state index is 2.39. The first-order valence-corrected chi connectivity index (χ1v) is 6.66. The summed E-state index contributed by atoms with van der Waals surface area (Å²) in [6.07, 6.45) is 1.29. The summed E-state index contributed by atoms with van der Waals surface area (Å²) < 4.78 is 1.16. The van der Waals surface area contributed by atoms with Crippen LogP contribution in [-0.2, 0) is 0 Å². The third-order valence-corrected chi connectivity index (χ3v) is 3.51. The quantitative estimate of drug-likeness (QED) is 0.607. The zero-order chi connectivity index (χ0) is 12.9. The highest BCUT2D eigenvalue weighted by Crippen LogP contribution is 2.23. The number of nitrogens with zero attached hydrogens (tertiary/aromatic N) is 2. The maximum absolute atomic E-state index is 2.39. The van der Waals surface area contributed by atoms with Gasteiger partial charge in [-0.3, -0.25) is 0 Å². The number of quaternary nitrogens is 1. The molecule has 0 saturated carbocycles. The predicted molar refractivity (Wildman–Crippen MR) is 73.6 cm³/mol. The van der Waals surface area contributed by atoms with Crippen LogP contribution in [0.5, 0.6) is 0 Å². The molecule has 2 nitrogen and oxygen atoms in total. The van der Waals surface area contributed by atoms with E-state index < -0.39 is 0 Å². The fraction of sp³-hybridized carbons (Fsp3) is 1.00. The van der Waals surface area contributed by atoms with Gasteiger partial charge in [0, 0.05) is 24.8 Å². The van der Waals surface area contributed by atoms with Crippen LogP contribution in [0.2, 0.25) is 0 Å². The fourth-order valence-electron chi connectivity index (χ4n) is 3.33. The Kier molecular flexibility index (Phi) is 6.57. The first-order chi connectivity index (χ1) is 7.18. The van der Waals surface area contributed by atoms with E-state index in [1.807, 2.05) is 0 Å². The Morgan fingerprint density at radius 1 is 0.938 bits per heavy atom. The molecule has 0 amide bonds. The monoisotopic (exact) mass is 229 g/mol. The normalized spacial score (nSPS) is 13.5. The topological polar surface area (TPSA) is 3.24 Å². The van der Waals surface area contributed by atoms with Crippen LogP contribution in [0, 0.1) is 11.8 Å². The van der Waals surface area contributed by atoms with E-state index in [2.05, 4.69) is 60.8 Å². The molecule has 2 heteroatoms. The van der Waals surface area contributed by atoms with Gasteiger partial charge in [0.05, 0.1) is 26.7 Å². The van der Waals surface area contributed by atoms with E-state index in [4.69, 9.17) is 0 Å². The van der Waals surface area contributed by atoms with Gasteiger partial charge in [-0.25, -0.2) is 0 Å². The van der Waals surface area contributed by atoms with Crippen molar-refractivity contribution in [2.75, 3.05) is 41.3 Å². The molecule has 0 aromatic rings. The predicted octanol–water partition coefficient (Wildman–Crippen LogP) is 2.70. The Morgan fingerprint density at radius 2 is 1.38 bits per heavy atom. The molecule has 0 atom stereocenters. The Morgan fingerprint density at radius 3 is 1.69 bits per heavy atom. The highest BCUT2D eigenvalue weighted by molar-refractivity contribution is 4.67. The summed E-state index contributed by atoms with van der Waals surface area (Å²) in [4.78, 5) is 2.28. The molecule has 0 radical (unpaired) electrons. The van der Waals surface area contributed by atoms with Crippen molar-refractivity contribution in [1.82, 2.24) is 4.90 Å². The van der Waals surface area contributed by atoms with Crippen LogP contribution in [0.25, 0.3) is 0 Å². The van der Waals surface area contributed by atoms with Crippen LogP contribution in [0.1, 0.15) is 34.1 Å². The molecule has 0 heterocycles. The summed E-state index contributed by atoms with van der Waals surface area (Å²) in [6, 6.07) is 0.766. The minimum atomic E-state index is 0.759. The molecule has 0 spiro atoms.